The van der Waals surface area contributed by atoms with Crippen molar-refractivity contribution >= 4 is 58.1 Å². The molecule has 3 aromatic rings. The van der Waals surface area contributed by atoms with Crippen molar-refractivity contribution in [3.05, 3.63) is 86.9 Å². The Morgan fingerprint density at radius 1 is 0.929 bits per heavy atom. The van der Waals surface area contributed by atoms with Gasteiger partial charge in [0, 0.05) is 26.9 Å². The Hall–Kier alpha value is -2.74. The summed E-state index contributed by atoms with van der Waals surface area (Å²) in [6.07, 6.45) is 0. The van der Waals surface area contributed by atoms with Gasteiger partial charge in [-0.3, -0.25) is 10.1 Å². The molecule has 0 heterocycles. The van der Waals surface area contributed by atoms with Crippen LogP contribution in [0.5, 0.6) is 0 Å². The minimum atomic E-state index is -0.457. The van der Waals surface area contributed by atoms with Gasteiger partial charge in [-0.2, -0.15) is 0 Å². The maximum absolute atomic E-state index is 12.3. The molecule has 9 heteroatoms. The molecular weight excluding hydrogens is 421 g/mol. The number of hydrogen-bond donors (Lipinski definition) is 2. The predicted molar refractivity (Wildman–Crippen MR) is 113 cm³/mol. The van der Waals surface area contributed by atoms with E-state index in [9.17, 15) is 14.9 Å². The fraction of sp³-hybridized carbons (Fsp3) is 0. The lowest BCUT2D eigenvalue weighted by atomic mass is 10.3. The zero-order valence-corrected chi connectivity index (χ0v) is 16.5. The first-order chi connectivity index (χ1) is 13.4. The maximum atomic E-state index is 12.3. The number of halogens is 2. The third kappa shape index (κ3) is 5.16. The molecule has 0 saturated heterocycles. The largest absolute Gasteiger partial charge is 0.323 e. The van der Waals surface area contributed by atoms with E-state index in [1.807, 2.05) is 12.1 Å². The monoisotopic (exact) mass is 433 g/mol. The number of nitrogens with one attached hydrogen (secondary N) is 2. The highest BCUT2D eigenvalue weighted by Gasteiger charge is 2.11. The number of carbonyl (C=O) groups is 1. The van der Waals surface area contributed by atoms with Gasteiger partial charge in [0.2, 0.25) is 0 Å². The number of nitro benzene ring substituents is 1. The number of urea groups is 1. The number of rotatable bonds is 5. The van der Waals surface area contributed by atoms with Crippen LogP contribution in [0.15, 0.2) is 76.5 Å². The molecule has 0 unspecified atom stereocenters. The highest BCUT2D eigenvalue weighted by molar-refractivity contribution is 7.99. The second-order valence-electron chi connectivity index (χ2n) is 5.55. The quantitative estimate of drug-likeness (QED) is 0.346. The zero-order chi connectivity index (χ0) is 20.1. The molecule has 0 fully saturated rings. The smallest absolute Gasteiger partial charge is 0.307 e. The van der Waals surface area contributed by atoms with E-state index in [0.29, 0.717) is 21.4 Å². The predicted octanol–water partition coefficient (Wildman–Crippen LogP) is 6.70. The van der Waals surface area contributed by atoms with Crippen LogP contribution >= 0.6 is 35.0 Å². The van der Waals surface area contributed by atoms with Gasteiger partial charge >= 0.3 is 6.03 Å². The summed E-state index contributed by atoms with van der Waals surface area (Å²) in [4.78, 5) is 24.3. The molecule has 0 spiro atoms. The summed E-state index contributed by atoms with van der Waals surface area (Å²) in [6, 6.07) is 17.8. The third-order valence-electron chi connectivity index (χ3n) is 3.59. The number of nitro groups is 1. The van der Waals surface area contributed by atoms with Gasteiger partial charge in [-0.1, -0.05) is 47.1 Å². The molecular formula is C19H13Cl2N3O3S. The summed E-state index contributed by atoms with van der Waals surface area (Å²) in [7, 11) is 0. The van der Waals surface area contributed by atoms with E-state index in [4.69, 9.17) is 23.2 Å². The Bertz CT molecular complexity index is 1030. The summed E-state index contributed by atoms with van der Waals surface area (Å²) >= 11 is 13.3. The molecule has 0 aromatic heterocycles. The van der Waals surface area contributed by atoms with Gasteiger partial charge in [0.15, 0.2) is 0 Å². The first-order valence-electron chi connectivity index (χ1n) is 7.97. The minimum Gasteiger partial charge on any atom is -0.307 e. The fourth-order valence-corrected chi connectivity index (χ4v) is 3.65. The van der Waals surface area contributed by atoms with Crippen LogP contribution in [0.1, 0.15) is 0 Å². The Morgan fingerprint density at radius 3 is 2.29 bits per heavy atom. The second-order valence-corrected chi connectivity index (χ2v) is 7.51. The molecule has 0 aliphatic heterocycles. The molecule has 0 saturated carbocycles. The van der Waals surface area contributed by atoms with Crippen molar-refractivity contribution in [1.82, 2.24) is 0 Å². The first kappa shape index (κ1) is 20.0. The molecule has 6 nitrogen and oxygen atoms in total. The van der Waals surface area contributed by atoms with Gasteiger partial charge in [0.1, 0.15) is 0 Å². The molecule has 0 aliphatic rings. The summed E-state index contributed by atoms with van der Waals surface area (Å²) in [5, 5.41) is 17.0. The van der Waals surface area contributed by atoms with Gasteiger partial charge in [-0.25, -0.2) is 4.79 Å². The van der Waals surface area contributed by atoms with Crippen molar-refractivity contribution in [2.75, 3.05) is 10.6 Å². The van der Waals surface area contributed by atoms with E-state index in [1.54, 1.807) is 36.4 Å². The van der Waals surface area contributed by atoms with E-state index in [-0.39, 0.29) is 5.69 Å². The lowest BCUT2D eigenvalue weighted by Crippen LogP contribution is -2.20. The van der Waals surface area contributed by atoms with Gasteiger partial charge < -0.3 is 10.6 Å². The average Bonchev–Trinajstić information content (AvgIpc) is 2.66. The Morgan fingerprint density at radius 2 is 1.61 bits per heavy atom. The topological polar surface area (TPSA) is 84.3 Å². The van der Waals surface area contributed by atoms with Crippen LogP contribution in [0.25, 0.3) is 0 Å². The minimum absolute atomic E-state index is 0.0231. The van der Waals surface area contributed by atoms with Crippen LogP contribution in [-0.4, -0.2) is 11.0 Å². The number of non-ortho nitro benzene ring substituents is 1. The number of hydrogen-bond acceptors (Lipinski definition) is 4. The Kier molecular flexibility index (Phi) is 6.41. The summed E-state index contributed by atoms with van der Waals surface area (Å²) in [6.45, 7) is 0. The molecule has 2 N–H and O–H groups in total. The summed E-state index contributed by atoms with van der Waals surface area (Å²) < 4.78 is 0. The molecule has 0 radical (unpaired) electrons. The zero-order valence-electron chi connectivity index (χ0n) is 14.2. The Balaban J connectivity index is 1.72. The highest BCUT2D eigenvalue weighted by Crippen LogP contribution is 2.34. The van der Waals surface area contributed by atoms with Crippen LogP contribution in [0.2, 0.25) is 10.0 Å². The molecule has 2 amide bonds. The molecule has 0 aliphatic carbocycles. The van der Waals surface area contributed by atoms with Crippen LogP contribution in [0.3, 0.4) is 0 Å². The lowest BCUT2D eigenvalue weighted by molar-refractivity contribution is -0.384. The number of benzene rings is 3. The van der Waals surface area contributed by atoms with Crippen molar-refractivity contribution in [3.8, 4) is 0 Å². The number of anilines is 2. The first-order valence-corrected chi connectivity index (χ1v) is 9.54. The number of para-hydroxylation sites is 1. The number of amides is 2. The molecule has 3 aromatic carbocycles. The van der Waals surface area contributed by atoms with Crippen molar-refractivity contribution in [1.29, 1.82) is 0 Å². The number of nitrogens with zero attached hydrogens (tertiary/aromatic N) is 1. The van der Waals surface area contributed by atoms with E-state index in [1.165, 1.54) is 30.0 Å². The standard InChI is InChI=1S/C19H13Cl2N3O3S/c20-12-5-10-16(15(21)11-12)22-19(25)23-17-3-1-2-4-18(17)28-14-8-6-13(7-9-14)24(26)27/h1-11H,(H2,22,23,25). The Labute approximate surface area is 175 Å². The van der Waals surface area contributed by atoms with Crippen LogP contribution in [-0.2, 0) is 0 Å². The van der Waals surface area contributed by atoms with Crippen molar-refractivity contribution in [3.63, 3.8) is 0 Å². The third-order valence-corrected chi connectivity index (χ3v) is 5.22. The van der Waals surface area contributed by atoms with E-state index >= 15 is 0 Å². The van der Waals surface area contributed by atoms with E-state index in [2.05, 4.69) is 10.6 Å². The van der Waals surface area contributed by atoms with Gasteiger partial charge in [-0.15, -0.1) is 0 Å². The molecule has 3 rings (SSSR count). The lowest BCUT2D eigenvalue weighted by Gasteiger charge is -2.12. The normalized spacial score (nSPS) is 10.4. The summed E-state index contributed by atoms with van der Waals surface area (Å²) in [5.74, 6) is 0. The van der Waals surface area contributed by atoms with E-state index < -0.39 is 11.0 Å². The van der Waals surface area contributed by atoms with E-state index in [0.717, 1.165) is 9.79 Å². The second kappa shape index (κ2) is 8.97. The van der Waals surface area contributed by atoms with Gasteiger partial charge in [0.05, 0.1) is 21.3 Å². The number of carbonyl (C=O) groups excluding carboxylic acids is 1. The molecule has 28 heavy (non-hydrogen) atoms. The SMILES string of the molecule is O=C(Nc1ccc(Cl)cc1Cl)Nc1ccccc1Sc1ccc([N+](=O)[O-])cc1. The maximum Gasteiger partial charge on any atom is 0.323 e. The molecule has 0 bridgehead atoms. The van der Waals surface area contributed by atoms with Crippen molar-refractivity contribution in [2.45, 2.75) is 9.79 Å². The van der Waals surface area contributed by atoms with Gasteiger partial charge in [-0.05, 0) is 42.5 Å². The van der Waals surface area contributed by atoms with Crippen molar-refractivity contribution < 1.29 is 9.72 Å². The van der Waals surface area contributed by atoms with Crippen LogP contribution in [0.4, 0.5) is 21.9 Å². The average molecular weight is 434 g/mol. The highest BCUT2D eigenvalue weighted by atomic mass is 35.5. The molecule has 0 atom stereocenters. The van der Waals surface area contributed by atoms with Crippen LogP contribution in [0, 0.1) is 10.1 Å². The van der Waals surface area contributed by atoms with Crippen molar-refractivity contribution in [2.24, 2.45) is 0 Å². The summed E-state index contributed by atoms with van der Waals surface area (Å²) in [5.41, 5.74) is 1.05. The van der Waals surface area contributed by atoms with Gasteiger partial charge in [0.25, 0.3) is 5.69 Å². The van der Waals surface area contributed by atoms with Crippen LogP contribution < -0.4 is 10.6 Å². The molecule has 142 valence electrons. The fourth-order valence-electron chi connectivity index (χ4n) is 2.29.